The van der Waals surface area contributed by atoms with E-state index in [1.165, 1.54) is 11.3 Å². The lowest BCUT2D eigenvalue weighted by Gasteiger charge is -2.03. The summed E-state index contributed by atoms with van der Waals surface area (Å²) in [6.07, 6.45) is 0. The summed E-state index contributed by atoms with van der Waals surface area (Å²) in [6, 6.07) is 9.23. The van der Waals surface area contributed by atoms with Crippen LogP contribution >= 0.6 is 45.9 Å². The van der Waals surface area contributed by atoms with Crippen molar-refractivity contribution < 1.29 is 4.52 Å². The Morgan fingerprint density at radius 2 is 2.04 bits per heavy atom. The third-order valence-electron chi connectivity index (χ3n) is 4.00. The maximum Gasteiger partial charge on any atom is 0.235 e. The first-order valence-electron chi connectivity index (χ1n) is 7.80. The minimum absolute atomic E-state index is 0.499. The molecule has 27 heavy (non-hydrogen) atoms. The van der Waals surface area contributed by atoms with Crippen molar-refractivity contribution in [3.05, 3.63) is 51.5 Å². The van der Waals surface area contributed by atoms with Gasteiger partial charge >= 0.3 is 0 Å². The van der Waals surface area contributed by atoms with Crippen molar-refractivity contribution >= 4 is 50.8 Å². The predicted octanol–water partition coefficient (Wildman–Crippen LogP) is 5.85. The summed E-state index contributed by atoms with van der Waals surface area (Å²) in [6.45, 7) is 1.85. The van der Waals surface area contributed by atoms with E-state index < -0.39 is 0 Å². The van der Waals surface area contributed by atoms with E-state index in [9.17, 15) is 0 Å². The minimum Gasteiger partial charge on any atom is -0.360 e. The van der Waals surface area contributed by atoms with Crippen molar-refractivity contribution in [2.45, 2.75) is 6.92 Å². The van der Waals surface area contributed by atoms with Crippen LogP contribution in [-0.4, -0.2) is 25.0 Å². The fraction of sp³-hybridized carbons (Fsp3) is 0.0588. The summed E-state index contributed by atoms with van der Waals surface area (Å²) in [7, 11) is 0. The molecule has 0 fully saturated rings. The molecule has 0 aliphatic rings. The average molecular weight is 434 g/mol. The molecule has 0 aliphatic heterocycles. The van der Waals surface area contributed by atoms with E-state index in [0.29, 0.717) is 32.3 Å². The highest BCUT2D eigenvalue weighted by atomic mass is 35.5. The standard InChI is InChI=1S/C17H9Cl2N5OS2/c1-8-13(14(23-25-8)10-5-4-9(18)7-11(10)19)16-22-24-15(12-3-2-6-26-12)20-21-17(24)27-16/h2-7H,1H3. The van der Waals surface area contributed by atoms with Crippen LogP contribution in [-0.2, 0) is 0 Å². The van der Waals surface area contributed by atoms with Gasteiger partial charge in [-0.1, -0.05) is 45.8 Å². The van der Waals surface area contributed by atoms with Crippen molar-refractivity contribution in [1.82, 2.24) is 25.0 Å². The van der Waals surface area contributed by atoms with Gasteiger partial charge < -0.3 is 4.52 Å². The monoisotopic (exact) mass is 433 g/mol. The molecule has 0 saturated heterocycles. The second-order valence-corrected chi connectivity index (χ2v) is 8.44. The summed E-state index contributed by atoms with van der Waals surface area (Å²) < 4.78 is 7.19. The molecule has 0 unspecified atom stereocenters. The van der Waals surface area contributed by atoms with Crippen molar-refractivity contribution in [2.75, 3.05) is 0 Å². The molecule has 0 atom stereocenters. The normalized spacial score (nSPS) is 11.5. The summed E-state index contributed by atoms with van der Waals surface area (Å²) in [4.78, 5) is 1.70. The van der Waals surface area contributed by atoms with E-state index in [1.54, 1.807) is 28.0 Å². The highest BCUT2D eigenvalue weighted by molar-refractivity contribution is 7.20. The van der Waals surface area contributed by atoms with E-state index in [4.69, 9.17) is 32.8 Å². The van der Waals surface area contributed by atoms with Gasteiger partial charge in [-0.25, -0.2) is 0 Å². The lowest BCUT2D eigenvalue weighted by molar-refractivity contribution is 0.400. The first-order chi connectivity index (χ1) is 13.1. The number of nitrogens with zero attached hydrogens (tertiary/aromatic N) is 5. The molecule has 0 N–H and O–H groups in total. The maximum atomic E-state index is 6.37. The van der Waals surface area contributed by atoms with Gasteiger partial charge in [-0.2, -0.15) is 9.61 Å². The topological polar surface area (TPSA) is 69.1 Å². The van der Waals surface area contributed by atoms with E-state index in [0.717, 1.165) is 21.0 Å². The second-order valence-electron chi connectivity index (χ2n) is 5.69. The molecule has 0 radical (unpaired) electrons. The van der Waals surface area contributed by atoms with Crippen molar-refractivity contribution in [2.24, 2.45) is 0 Å². The van der Waals surface area contributed by atoms with Gasteiger partial charge in [0.15, 0.2) is 10.8 Å². The Morgan fingerprint density at radius 1 is 1.15 bits per heavy atom. The van der Waals surface area contributed by atoms with E-state index >= 15 is 0 Å². The van der Waals surface area contributed by atoms with Gasteiger partial charge in [-0.15, -0.1) is 21.5 Å². The molecule has 0 spiro atoms. The highest BCUT2D eigenvalue weighted by Crippen LogP contribution is 2.40. The third kappa shape index (κ3) is 2.76. The Labute approximate surface area is 171 Å². The van der Waals surface area contributed by atoms with E-state index in [-0.39, 0.29) is 0 Å². The van der Waals surface area contributed by atoms with Crippen LogP contribution in [0.1, 0.15) is 5.76 Å². The zero-order valence-corrected chi connectivity index (χ0v) is 16.8. The molecule has 5 aromatic rings. The van der Waals surface area contributed by atoms with Gasteiger partial charge in [0.05, 0.1) is 15.5 Å². The van der Waals surface area contributed by atoms with Gasteiger partial charge in [0.1, 0.15) is 11.5 Å². The van der Waals surface area contributed by atoms with E-state index in [2.05, 4.69) is 15.4 Å². The van der Waals surface area contributed by atoms with Crippen LogP contribution < -0.4 is 0 Å². The van der Waals surface area contributed by atoms with Gasteiger partial charge in [-0.3, -0.25) is 0 Å². The number of hydrogen-bond donors (Lipinski definition) is 0. The molecular formula is C17H9Cl2N5OS2. The van der Waals surface area contributed by atoms with Gasteiger partial charge in [-0.05, 0) is 36.6 Å². The van der Waals surface area contributed by atoms with Crippen molar-refractivity contribution in [1.29, 1.82) is 0 Å². The summed E-state index contributed by atoms with van der Waals surface area (Å²) in [5.74, 6) is 1.36. The van der Waals surface area contributed by atoms with Gasteiger partial charge in [0.2, 0.25) is 4.96 Å². The molecule has 0 saturated carbocycles. The highest BCUT2D eigenvalue weighted by Gasteiger charge is 2.24. The molecule has 1 aromatic carbocycles. The summed E-state index contributed by atoms with van der Waals surface area (Å²) in [5, 5.41) is 21.2. The molecule has 134 valence electrons. The molecule has 6 nitrogen and oxygen atoms in total. The Bertz CT molecular complexity index is 1270. The number of fused-ring (bicyclic) bond motifs is 1. The lowest BCUT2D eigenvalue weighted by atomic mass is 10.1. The Morgan fingerprint density at radius 3 is 2.81 bits per heavy atom. The smallest absolute Gasteiger partial charge is 0.235 e. The number of halogens is 2. The zero-order chi connectivity index (χ0) is 18.5. The number of rotatable bonds is 3. The number of aromatic nitrogens is 5. The Hall–Kier alpha value is -2.26. The fourth-order valence-electron chi connectivity index (χ4n) is 2.77. The van der Waals surface area contributed by atoms with Gasteiger partial charge in [0, 0.05) is 10.6 Å². The van der Waals surface area contributed by atoms with Gasteiger partial charge in [0.25, 0.3) is 0 Å². The van der Waals surface area contributed by atoms with Crippen LogP contribution in [0.25, 0.3) is 37.5 Å². The minimum atomic E-state index is 0.499. The Balaban J connectivity index is 1.69. The van der Waals surface area contributed by atoms with E-state index in [1.807, 2.05) is 30.5 Å². The number of thiophene rings is 1. The molecule has 4 aromatic heterocycles. The van der Waals surface area contributed by atoms with Crippen LogP contribution in [0.4, 0.5) is 0 Å². The van der Waals surface area contributed by atoms with Crippen molar-refractivity contribution in [3.63, 3.8) is 0 Å². The number of hydrogen-bond acceptors (Lipinski definition) is 7. The first-order valence-corrected chi connectivity index (χ1v) is 10.2. The summed E-state index contributed by atoms with van der Waals surface area (Å²) >= 11 is 15.4. The first kappa shape index (κ1) is 16.9. The summed E-state index contributed by atoms with van der Waals surface area (Å²) in [5.41, 5.74) is 2.14. The average Bonchev–Trinajstić information content (AvgIpc) is 3.37. The van der Waals surface area contributed by atoms with Crippen LogP contribution in [0.5, 0.6) is 0 Å². The second kappa shape index (κ2) is 6.42. The molecule has 0 bridgehead atoms. The molecule has 0 aliphatic carbocycles. The Kier molecular flexibility index (Phi) is 4.01. The lowest BCUT2D eigenvalue weighted by Crippen LogP contribution is -1.90. The maximum absolute atomic E-state index is 6.37. The molecule has 5 rings (SSSR count). The van der Waals surface area contributed by atoms with Crippen LogP contribution in [0, 0.1) is 6.92 Å². The molecular weight excluding hydrogens is 425 g/mol. The fourth-order valence-corrected chi connectivity index (χ4v) is 4.89. The quantitative estimate of drug-likeness (QED) is 0.356. The molecule has 4 heterocycles. The van der Waals surface area contributed by atoms with Crippen molar-refractivity contribution in [3.8, 4) is 32.5 Å². The van der Waals surface area contributed by atoms with Crippen LogP contribution in [0.2, 0.25) is 10.0 Å². The SMILES string of the molecule is Cc1onc(-c2ccc(Cl)cc2Cl)c1-c1nn2c(-c3cccs3)nnc2s1. The van der Waals surface area contributed by atoms with Crippen LogP contribution in [0.3, 0.4) is 0 Å². The predicted molar refractivity (Wildman–Crippen MR) is 108 cm³/mol. The zero-order valence-electron chi connectivity index (χ0n) is 13.7. The number of aryl methyl sites for hydroxylation is 1. The van der Waals surface area contributed by atoms with Crippen LogP contribution in [0.15, 0.2) is 40.2 Å². The molecule has 10 heteroatoms. The number of benzene rings is 1. The third-order valence-corrected chi connectivity index (χ3v) is 6.33. The largest absolute Gasteiger partial charge is 0.360 e. The molecule has 0 amide bonds.